The standard InChI is InChI=1S/C24H27N3O2/c1-16(24(29)26-20-9-7-18(8-10-20)17(2)28)27-13-11-19(12-14-27)22-15-25-23-6-4-3-5-21(22)23/h3-10,15-16,19,25H,11-14H2,1-2H3,(H,26,29). The van der Waals surface area contributed by atoms with Crippen molar-refractivity contribution in [2.45, 2.75) is 38.6 Å². The van der Waals surface area contributed by atoms with E-state index in [1.807, 2.05) is 6.92 Å². The summed E-state index contributed by atoms with van der Waals surface area (Å²) in [4.78, 5) is 29.7. The van der Waals surface area contributed by atoms with Crippen molar-refractivity contribution >= 4 is 28.3 Å². The van der Waals surface area contributed by atoms with Crippen LogP contribution in [0.4, 0.5) is 5.69 Å². The Kier molecular flexibility index (Phi) is 5.49. The molecule has 0 spiro atoms. The lowest BCUT2D eigenvalue weighted by Crippen LogP contribution is -2.45. The van der Waals surface area contributed by atoms with Crippen molar-refractivity contribution in [1.82, 2.24) is 9.88 Å². The molecule has 150 valence electrons. The average molecular weight is 389 g/mol. The van der Waals surface area contributed by atoms with Crippen LogP contribution in [0.15, 0.2) is 54.7 Å². The monoisotopic (exact) mass is 389 g/mol. The van der Waals surface area contributed by atoms with Crippen molar-refractivity contribution in [3.05, 3.63) is 65.9 Å². The summed E-state index contributed by atoms with van der Waals surface area (Å²) in [5, 5.41) is 4.28. The Labute approximate surface area is 171 Å². The molecular weight excluding hydrogens is 362 g/mol. The van der Waals surface area contributed by atoms with Gasteiger partial charge < -0.3 is 10.3 Å². The second-order valence-electron chi connectivity index (χ2n) is 7.90. The molecule has 1 unspecified atom stereocenters. The van der Waals surface area contributed by atoms with Crippen molar-refractivity contribution in [2.75, 3.05) is 18.4 Å². The van der Waals surface area contributed by atoms with Crippen molar-refractivity contribution < 1.29 is 9.59 Å². The van der Waals surface area contributed by atoms with Gasteiger partial charge in [-0.1, -0.05) is 18.2 Å². The molecule has 2 heterocycles. The number of Topliss-reactive ketones (excluding diaryl/α,β-unsaturated/α-hetero) is 1. The predicted octanol–water partition coefficient (Wildman–Crippen LogP) is 4.58. The molecule has 4 rings (SSSR count). The van der Waals surface area contributed by atoms with E-state index < -0.39 is 0 Å². The van der Waals surface area contributed by atoms with Crippen LogP contribution in [0.3, 0.4) is 0 Å². The number of piperidine rings is 1. The van der Waals surface area contributed by atoms with E-state index >= 15 is 0 Å². The molecule has 2 N–H and O–H groups in total. The number of anilines is 1. The number of benzene rings is 2. The molecule has 5 nitrogen and oxygen atoms in total. The Morgan fingerprint density at radius 3 is 2.45 bits per heavy atom. The predicted molar refractivity (Wildman–Crippen MR) is 116 cm³/mol. The number of fused-ring (bicyclic) bond motifs is 1. The molecule has 3 aromatic rings. The molecular formula is C24H27N3O2. The zero-order valence-electron chi connectivity index (χ0n) is 16.9. The normalized spacial score (nSPS) is 16.6. The SMILES string of the molecule is CC(=O)c1ccc(NC(=O)C(C)N2CCC(c3c[nH]c4ccccc34)CC2)cc1. The van der Waals surface area contributed by atoms with Gasteiger partial charge in [0.2, 0.25) is 5.91 Å². The highest BCUT2D eigenvalue weighted by atomic mass is 16.2. The molecule has 1 aliphatic heterocycles. The number of carbonyl (C=O) groups excluding carboxylic acids is 2. The van der Waals surface area contributed by atoms with E-state index in [9.17, 15) is 9.59 Å². The van der Waals surface area contributed by atoms with Gasteiger partial charge in [-0.2, -0.15) is 0 Å². The average Bonchev–Trinajstić information content (AvgIpc) is 3.18. The number of likely N-dealkylation sites (tertiary alicyclic amines) is 1. The van der Waals surface area contributed by atoms with Gasteiger partial charge in [0.15, 0.2) is 5.78 Å². The fourth-order valence-electron chi connectivity index (χ4n) is 4.23. The maximum Gasteiger partial charge on any atom is 0.241 e. The zero-order chi connectivity index (χ0) is 20.4. The van der Waals surface area contributed by atoms with Gasteiger partial charge in [0.05, 0.1) is 6.04 Å². The van der Waals surface area contributed by atoms with Gasteiger partial charge in [0.25, 0.3) is 0 Å². The summed E-state index contributed by atoms with van der Waals surface area (Å²) in [7, 11) is 0. The fraction of sp³-hybridized carbons (Fsp3) is 0.333. The van der Waals surface area contributed by atoms with Crippen LogP contribution in [0, 0.1) is 0 Å². The van der Waals surface area contributed by atoms with Crippen molar-refractivity contribution in [3.63, 3.8) is 0 Å². The van der Waals surface area contributed by atoms with Gasteiger partial charge in [0.1, 0.15) is 0 Å². The topological polar surface area (TPSA) is 65.2 Å². The third-order valence-corrected chi connectivity index (χ3v) is 6.08. The second kappa shape index (κ2) is 8.21. The first kappa shape index (κ1) is 19.4. The lowest BCUT2D eigenvalue weighted by molar-refractivity contribution is -0.121. The number of amides is 1. The summed E-state index contributed by atoms with van der Waals surface area (Å²) in [6.07, 6.45) is 4.24. The summed E-state index contributed by atoms with van der Waals surface area (Å²) in [5.74, 6) is 0.539. The maximum atomic E-state index is 12.7. The number of hydrogen-bond acceptors (Lipinski definition) is 3. The van der Waals surface area contributed by atoms with Gasteiger partial charge in [-0.15, -0.1) is 0 Å². The first-order valence-corrected chi connectivity index (χ1v) is 10.2. The molecule has 0 aliphatic carbocycles. The van der Waals surface area contributed by atoms with E-state index in [0.717, 1.165) is 31.6 Å². The molecule has 5 heteroatoms. The number of H-pyrrole nitrogens is 1. The van der Waals surface area contributed by atoms with Crippen LogP contribution >= 0.6 is 0 Å². The summed E-state index contributed by atoms with van der Waals surface area (Å²) < 4.78 is 0. The minimum atomic E-state index is -0.189. The number of aromatic amines is 1. The summed E-state index contributed by atoms with van der Waals surface area (Å²) >= 11 is 0. The number of hydrogen-bond donors (Lipinski definition) is 2. The zero-order valence-corrected chi connectivity index (χ0v) is 16.9. The quantitative estimate of drug-likeness (QED) is 0.628. The highest BCUT2D eigenvalue weighted by Crippen LogP contribution is 2.33. The Morgan fingerprint density at radius 2 is 1.76 bits per heavy atom. The summed E-state index contributed by atoms with van der Waals surface area (Å²) in [6.45, 7) is 5.31. The van der Waals surface area contributed by atoms with E-state index in [-0.39, 0.29) is 17.7 Å². The fourth-order valence-corrected chi connectivity index (χ4v) is 4.23. The Hall–Kier alpha value is -2.92. The molecule has 0 radical (unpaired) electrons. The molecule has 1 saturated heterocycles. The van der Waals surface area contributed by atoms with Gasteiger partial charge in [-0.25, -0.2) is 0 Å². The molecule has 29 heavy (non-hydrogen) atoms. The van der Waals surface area contributed by atoms with Gasteiger partial charge >= 0.3 is 0 Å². The Bertz CT molecular complexity index is 1010. The first-order chi connectivity index (χ1) is 14.0. The van der Waals surface area contributed by atoms with E-state index in [4.69, 9.17) is 0 Å². The largest absolute Gasteiger partial charge is 0.361 e. The molecule has 1 aliphatic rings. The van der Waals surface area contributed by atoms with E-state index in [1.54, 1.807) is 24.3 Å². The summed E-state index contributed by atoms with van der Waals surface area (Å²) in [5.41, 5.74) is 3.95. The van der Waals surface area contributed by atoms with Crippen molar-refractivity contribution in [1.29, 1.82) is 0 Å². The van der Waals surface area contributed by atoms with Crippen LogP contribution in [0.2, 0.25) is 0 Å². The van der Waals surface area contributed by atoms with Crippen molar-refractivity contribution in [2.24, 2.45) is 0 Å². The molecule has 1 fully saturated rings. The summed E-state index contributed by atoms with van der Waals surface area (Å²) in [6, 6.07) is 15.3. The van der Waals surface area contributed by atoms with Crippen LogP contribution in [-0.4, -0.2) is 40.7 Å². The lowest BCUT2D eigenvalue weighted by atomic mass is 9.88. The highest BCUT2D eigenvalue weighted by Gasteiger charge is 2.28. The van der Waals surface area contributed by atoms with Crippen LogP contribution in [0.5, 0.6) is 0 Å². The lowest BCUT2D eigenvalue weighted by Gasteiger charge is -2.35. The minimum absolute atomic E-state index is 0.00822. The molecule has 0 saturated carbocycles. The van der Waals surface area contributed by atoms with Crippen LogP contribution in [0.25, 0.3) is 10.9 Å². The third-order valence-electron chi connectivity index (χ3n) is 6.08. The Morgan fingerprint density at radius 1 is 1.07 bits per heavy atom. The number of nitrogens with one attached hydrogen (secondary N) is 2. The number of para-hydroxylation sites is 1. The van der Waals surface area contributed by atoms with E-state index in [2.05, 4.69) is 45.7 Å². The van der Waals surface area contributed by atoms with Gasteiger partial charge in [-0.3, -0.25) is 14.5 Å². The molecule has 1 amide bonds. The van der Waals surface area contributed by atoms with Crippen LogP contribution in [-0.2, 0) is 4.79 Å². The third kappa shape index (κ3) is 4.10. The number of aromatic nitrogens is 1. The van der Waals surface area contributed by atoms with Crippen LogP contribution < -0.4 is 5.32 Å². The minimum Gasteiger partial charge on any atom is -0.361 e. The first-order valence-electron chi connectivity index (χ1n) is 10.2. The second-order valence-corrected chi connectivity index (χ2v) is 7.90. The number of carbonyl (C=O) groups is 2. The number of rotatable bonds is 5. The van der Waals surface area contributed by atoms with Crippen LogP contribution in [0.1, 0.15) is 48.5 Å². The van der Waals surface area contributed by atoms with E-state index in [0.29, 0.717) is 11.5 Å². The maximum absolute atomic E-state index is 12.7. The van der Waals surface area contributed by atoms with Gasteiger partial charge in [-0.05, 0) is 81.6 Å². The van der Waals surface area contributed by atoms with E-state index in [1.165, 1.54) is 23.4 Å². The molecule has 2 aromatic carbocycles. The number of ketones is 1. The van der Waals surface area contributed by atoms with Gasteiger partial charge in [0, 0.05) is 28.4 Å². The molecule has 1 atom stereocenters. The van der Waals surface area contributed by atoms with Crippen molar-refractivity contribution in [3.8, 4) is 0 Å². The Balaban J connectivity index is 1.35. The number of nitrogens with zero attached hydrogens (tertiary/aromatic N) is 1. The molecule has 1 aromatic heterocycles. The highest BCUT2D eigenvalue weighted by molar-refractivity contribution is 5.97. The smallest absolute Gasteiger partial charge is 0.241 e. The molecule has 0 bridgehead atoms.